The highest BCUT2D eigenvalue weighted by atomic mass is 16.2. The van der Waals surface area contributed by atoms with Crippen LogP contribution in [0.1, 0.15) is 76.8 Å². The van der Waals surface area contributed by atoms with Crippen LogP contribution in [0.2, 0.25) is 0 Å². The van der Waals surface area contributed by atoms with Crippen molar-refractivity contribution < 1.29 is 47.9 Å². The second-order valence-electron chi connectivity index (χ2n) is 16.0. The SMILES string of the molecule is CCCCCCC(=O)NCC(=O)N[C@@H](Cc1ccccc1)C(=O)NCC(=O)NCC(=O)NCC(=O)N[C@@H](CCN)C(=O)N[C@H](CC(C)C)C(=O)N[C@@H](Cc1ccccc1)C(=O)NCC(N)=O. The van der Waals surface area contributed by atoms with Crippen molar-refractivity contribution in [2.75, 3.05) is 39.3 Å². The van der Waals surface area contributed by atoms with Crippen molar-refractivity contribution in [3.05, 3.63) is 71.8 Å². The van der Waals surface area contributed by atoms with Crippen LogP contribution in [0.25, 0.3) is 0 Å². The summed E-state index contributed by atoms with van der Waals surface area (Å²) in [4.78, 5) is 127. The molecule has 0 fully saturated rings. The van der Waals surface area contributed by atoms with Gasteiger partial charge < -0.3 is 59.3 Å². The molecule has 0 aliphatic carbocycles. The molecule has 0 bridgehead atoms. The van der Waals surface area contributed by atoms with E-state index in [4.69, 9.17) is 11.5 Å². The van der Waals surface area contributed by atoms with Gasteiger partial charge in [0, 0.05) is 19.3 Å². The van der Waals surface area contributed by atoms with Gasteiger partial charge in [-0.05, 0) is 42.9 Å². The maximum Gasteiger partial charge on any atom is 0.243 e. The summed E-state index contributed by atoms with van der Waals surface area (Å²) in [7, 11) is 0. The van der Waals surface area contributed by atoms with Gasteiger partial charge in [-0.15, -0.1) is 0 Å². The Bertz CT molecular complexity index is 1920. The molecule has 0 spiro atoms. The molecule has 0 aliphatic rings. The summed E-state index contributed by atoms with van der Waals surface area (Å²) in [5, 5.41) is 22.4. The molecule has 66 heavy (non-hydrogen) atoms. The number of nitrogens with one attached hydrogen (secondary N) is 9. The minimum absolute atomic E-state index is 0.0373. The fraction of sp³-hybridized carbons (Fsp3) is 0.511. The highest BCUT2D eigenvalue weighted by molar-refractivity contribution is 5.96. The van der Waals surface area contributed by atoms with Gasteiger partial charge in [0.25, 0.3) is 0 Å². The zero-order valence-electron chi connectivity index (χ0n) is 38.0. The van der Waals surface area contributed by atoms with Crippen molar-refractivity contribution in [3.63, 3.8) is 0 Å². The second kappa shape index (κ2) is 31.1. The van der Waals surface area contributed by atoms with Gasteiger partial charge in [-0.25, -0.2) is 0 Å². The highest BCUT2D eigenvalue weighted by Crippen LogP contribution is 2.10. The molecule has 2 aromatic carbocycles. The third kappa shape index (κ3) is 23.7. The molecule has 13 N–H and O–H groups in total. The van der Waals surface area contributed by atoms with Crippen molar-refractivity contribution in [2.24, 2.45) is 17.4 Å². The molecule has 4 atom stereocenters. The number of rotatable bonds is 31. The number of carbonyl (C=O) groups excluding carboxylic acids is 10. The molecular weight excluding hydrogens is 855 g/mol. The van der Waals surface area contributed by atoms with Gasteiger partial charge in [0.2, 0.25) is 59.1 Å². The molecule has 21 heteroatoms. The molecule has 0 radical (unpaired) electrons. The lowest BCUT2D eigenvalue weighted by atomic mass is 10.0. The molecule has 0 unspecified atom stereocenters. The number of unbranched alkanes of at least 4 members (excludes halogenated alkanes) is 3. The predicted molar refractivity (Wildman–Crippen MR) is 244 cm³/mol. The van der Waals surface area contributed by atoms with E-state index in [0.717, 1.165) is 24.8 Å². The first-order valence-electron chi connectivity index (χ1n) is 22.1. The van der Waals surface area contributed by atoms with E-state index >= 15 is 0 Å². The standard InChI is InChI=1S/C45H67N11O10/c1-4-5-6-13-18-37(58)48-27-41(62)54-34(22-30-14-9-7-10-15-30)42(63)52-26-39(60)49-25-38(59)50-28-40(61)53-32(19-20-46)44(65)55-33(21-29(2)3)45(66)56-35(43(64)51-24-36(47)57)23-31-16-11-8-12-17-31/h7-12,14-17,29,32-35H,4-6,13,18-28,46H2,1-3H3,(H2,47,57)(H,48,58)(H,49,60)(H,50,59)(H,51,64)(H,52,63)(H,53,61)(H,54,62)(H,55,65)(H,56,66)/t32-,33+,34-,35-/m0/s1. The van der Waals surface area contributed by atoms with E-state index in [2.05, 4.69) is 54.8 Å². The Kier molecular flexibility index (Phi) is 26.0. The summed E-state index contributed by atoms with van der Waals surface area (Å²) in [6, 6.07) is 13.1. The maximum absolute atomic E-state index is 13.6. The monoisotopic (exact) mass is 922 g/mol. The predicted octanol–water partition coefficient (Wildman–Crippen LogP) is -2.16. The van der Waals surface area contributed by atoms with Gasteiger partial charge in [0.15, 0.2) is 0 Å². The minimum atomic E-state index is -1.22. The van der Waals surface area contributed by atoms with E-state index in [1.807, 2.05) is 13.8 Å². The first-order valence-corrected chi connectivity index (χ1v) is 22.1. The number of benzene rings is 2. The van der Waals surface area contributed by atoms with Crippen LogP contribution >= 0.6 is 0 Å². The van der Waals surface area contributed by atoms with Gasteiger partial charge in [-0.3, -0.25) is 47.9 Å². The average molecular weight is 922 g/mol. The first kappa shape index (κ1) is 55.2. The number of hydrogen-bond donors (Lipinski definition) is 11. The Morgan fingerprint density at radius 3 is 1.42 bits per heavy atom. The molecule has 0 saturated carbocycles. The van der Waals surface area contributed by atoms with E-state index in [1.54, 1.807) is 60.7 Å². The highest BCUT2D eigenvalue weighted by Gasteiger charge is 2.30. The van der Waals surface area contributed by atoms with E-state index in [9.17, 15) is 47.9 Å². The summed E-state index contributed by atoms with van der Waals surface area (Å²) in [5.74, 6) is -6.86. The zero-order valence-corrected chi connectivity index (χ0v) is 38.0. The molecule has 21 nitrogen and oxygen atoms in total. The third-order valence-corrected chi connectivity index (χ3v) is 9.75. The molecule has 2 rings (SSSR count). The van der Waals surface area contributed by atoms with Crippen LogP contribution in [0, 0.1) is 5.92 Å². The Morgan fingerprint density at radius 2 is 0.924 bits per heavy atom. The molecule has 0 saturated heterocycles. The van der Waals surface area contributed by atoms with E-state index in [0.29, 0.717) is 12.0 Å². The number of primary amides is 1. The number of nitrogens with two attached hydrogens (primary N) is 2. The van der Waals surface area contributed by atoms with Crippen LogP contribution < -0.4 is 59.3 Å². The number of carbonyl (C=O) groups is 10. The van der Waals surface area contributed by atoms with E-state index in [1.165, 1.54) is 0 Å². The Balaban J connectivity index is 1.92. The number of amides is 10. The van der Waals surface area contributed by atoms with Crippen molar-refractivity contribution in [3.8, 4) is 0 Å². The lowest BCUT2D eigenvalue weighted by molar-refractivity contribution is -0.134. The summed E-state index contributed by atoms with van der Waals surface area (Å²) in [5.41, 5.74) is 12.4. The lowest BCUT2D eigenvalue weighted by Gasteiger charge is -2.26. The molecule has 0 aliphatic heterocycles. The van der Waals surface area contributed by atoms with Crippen LogP contribution in [0.3, 0.4) is 0 Å². The quantitative estimate of drug-likeness (QED) is 0.0362. The van der Waals surface area contributed by atoms with E-state index < -0.39 is 104 Å². The zero-order chi connectivity index (χ0) is 48.9. The third-order valence-electron chi connectivity index (χ3n) is 9.75. The van der Waals surface area contributed by atoms with Crippen LogP contribution in [-0.2, 0) is 60.8 Å². The summed E-state index contributed by atoms with van der Waals surface area (Å²) >= 11 is 0. The Morgan fingerprint density at radius 1 is 0.485 bits per heavy atom. The fourth-order valence-electron chi connectivity index (χ4n) is 6.34. The molecule has 0 aromatic heterocycles. The van der Waals surface area contributed by atoms with Gasteiger partial charge in [-0.2, -0.15) is 0 Å². The maximum atomic E-state index is 13.6. The minimum Gasteiger partial charge on any atom is -0.368 e. The van der Waals surface area contributed by atoms with Crippen LogP contribution in [0.15, 0.2) is 60.7 Å². The van der Waals surface area contributed by atoms with Crippen molar-refractivity contribution in [1.29, 1.82) is 0 Å². The fourth-order valence-corrected chi connectivity index (χ4v) is 6.34. The van der Waals surface area contributed by atoms with Crippen molar-refractivity contribution in [1.82, 2.24) is 47.9 Å². The van der Waals surface area contributed by atoms with Crippen LogP contribution in [0.5, 0.6) is 0 Å². The van der Waals surface area contributed by atoms with Crippen molar-refractivity contribution in [2.45, 2.75) is 103 Å². The summed E-state index contributed by atoms with van der Waals surface area (Å²) < 4.78 is 0. The largest absolute Gasteiger partial charge is 0.368 e. The first-order chi connectivity index (χ1) is 31.5. The number of hydrogen-bond acceptors (Lipinski definition) is 11. The van der Waals surface area contributed by atoms with Crippen molar-refractivity contribution >= 4 is 59.1 Å². The van der Waals surface area contributed by atoms with E-state index in [-0.39, 0.29) is 57.0 Å². The molecule has 0 heterocycles. The smallest absolute Gasteiger partial charge is 0.243 e. The van der Waals surface area contributed by atoms with Gasteiger partial charge in [-0.1, -0.05) is 101 Å². The second-order valence-corrected chi connectivity index (χ2v) is 16.0. The molecular formula is C45H67N11O10. The average Bonchev–Trinajstić information content (AvgIpc) is 3.28. The molecule has 10 amide bonds. The molecule has 362 valence electrons. The lowest BCUT2D eigenvalue weighted by Crippen LogP contribution is -2.58. The van der Waals surface area contributed by atoms with Gasteiger partial charge in [0.1, 0.15) is 24.2 Å². The molecule has 2 aromatic rings. The Hall–Kier alpha value is -6.90. The van der Waals surface area contributed by atoms with Crippen LogP contribution in [0.4, 0.5) is 0 Å². The van der Waals surface area contributed by atoms with Gasteiger partial charge >= 0.3 is 0 Å². The topological polar surface area (TPSA) is 331 Å². The normalized spacial score (nSPS) is 12.5. The van der Waals surface area contributed by atoms with Crippen LogP contribution in [-0.4, -0.2) is 123 Å². The summed E-state index contributed by atoms with van der Waals surface area (Å²) in [6.45, 7) is 3.15. The van der Waals surface area contributed by atoms with Gasteiger partial charge in [0.05, 0.1) is 32.7 Å². The Labute approximate surface area is 385 Å². The summed E-state index contributed by atoms with van der Waals surface area (Å²) in [6.07, 6.45) is 4.18.